The van der Waals surface area contributed by atoms with Crippen LogP contribution in [0.2, 0.25) is 0 Å². The van der Waals surface area contributed by atoms with Gasteiger partial charge in [-0.15, -0.1) is 0 Å². The molecule has 0 amide bonds. The summed E-state index contributed by atoms with van der Waals surface area (Å²) in [4.78, 5) is 11.6. The van der Waals surface area contributed by atoms with Gasteiger partial charge >= 0.3 is 5.97 Å². The van der Waals surface area contributed by atoms with Crippen molar-refractivity contribution in [1.82, 2.24) is 0 Å². The molecular weight excluding hydrogens is 224 g/mol. The molecule has 0 bridgehead atoms. The smallest absolute Gasteiger partial charge is 0.306 e. The summed E-state index contributed by atoms with van der Waals surface area (Å²) in [6.45, 7) is 2.28. The zero-order valence-corrected chi connectivity index (χ0v) is 11.3. The summed E-state index contributed by atoms with van der Waals surface area (Å²) >= 11 is 0. The molecule has 2 heteroatoms. The van der Waals surface area contributed by atoms with Crippen molar-refractivity contribution >= 4 is 5.97 Å². The maximum Gasteiger partial charge on any atom is 0.306 e. The number of carbonyl (C=O) groups is 1. The molecule has 0 saturated heterocycles. The van der Waals surface area contributed by atoms with Crippen molar-refractivity contribution in [2.24, 2.45) is 11.3 Å². The lowest BCUT2D eigenvalue weighted by Crippen LogP contribution is -2.25. The van der Waals surface area contributed by atoms with Crippen LogP contribution in [0.5, 0.6) is 0 Å². The first-order valence-electron chi connectivity index (χ1n) is 6.74. The molecule has 2 rings (SSSR count). The summed E-state index contributed by atoms with van der Waals surface area (Å²) in [7, 11) is 1.48. The van der Waals surface area contributed by atoms with E-state index >= 15 is 0 Å². The van der Waals surface area contributed by atoms with E-state index in [0.717, 1.165) is 25.2 Å². The van der Waals surface area contributed by atoms with E-state index in [1.165, 1.54) is 19.1 Å². The first-order chi connectivity index (χ1) is 8.63. The van der Waals surface area contributed by atoms with E-state index in [4.69, 9.17) is 4.74 Å². The van der Waals surface area contributed by atoms with Crippen molar-refractivity contribution in [1.29, 1.82) is 0 Å². The van der Waals surface area contributed by atoms with Gasteiger partial charge in [-0.3, -0.25) is 4.79 Å². The van der Waals surface area contributed by atoms with E-state index in [1.54, 1.807) is 0 Å². The molecule has 0 radical (unpaired) electrons. The fraction of sp³-hybridized carbons (Fsp3) is 0.562. The standard InChI is InChI=1S/C16H22O2/c1-13-8-9-16(10-13,12-15(17)18-2)11-14-6-4-3-5-7-14/h3-7,13H,8-12H2,1-2H3. The maximum absolute atomic E-state index is 11.6. The lowest BCUT2D eigenvalue weighted by molar-refractivity contribution is -0.143. The Bertz CT molecular complexity index is 399. The molecule has 2 nitrogen and oxygen atoms in total. The molecule has 1 aliphatic carbocycles. The van der Waals surface area contributed by atoms with Crippen molar-refractivity contribution in [3.8, 4) is 0 Å². The first kappa shape index (κ1) is 13.1. The zero-order valence-electron chi connectivity index (χ0n) is 11.3. The number of rotatable bonds is 4. The summed E-state index contributed by atoms with van der Waals surface area (Å²) in [5.41, 5.74) is 1.45. The minimum Gasteiger partial charge on any atom is -0.469 e. The van der Waals surface area contributed by atoms with E-state index in [0.29, 0.717) is 6.42 Å². The van der Waals surface area contributed by atoms with Gasteiger partial charge in [-0.2, -0.15) is 0 Å². The molecule has 98 valence electrons. The van der Waals surface area contributed by atoms with E-state index in [9.17, 15) is 4.79 Å². The Morgan fingerprint density at radius 3 is 2.67 bits per heavy atom. The van der Waals surface area contributed by atoms with Crippen molar-refractivity contribution in [3.63, 3.8) is 0 Å². The second-order valence-electron chi connectivity index (χ2n) is 5.76. The highest BCUT2D eigenvalue weighted by Gasteiger charge is 2.39. The van der Waals surface area contributed by atoms with Gasteiger partial charge in [0.05, 0.1) is 13.5 Å². The van der Waals surface area contributed by atoms with Gasteiger partial charge in [0.25, 0.3) is 0 Å². The lowest BCUT2D eigenvalue weighted by Gasteiger charge is -2.28. The van der Waals surface area contributed by atoms with Crippen LogP contribution in [0.4, 0.5) is 0 Å². The van der Waals surface area contributed by atoms with Crippen LogP contribution in [-0.4, -0.2) is 13.1 Å². The van der Waals surface area contributed by atoms with Crippen molar-refractivity contribution < 1.29 is 9.53 Å². The van der Waals surface area contributed by atoms with Crippen LogP contribution in [0.15, 0.2) is 30.3 Å². The highest BCUT2D eigenvalue weighted by atomic mass is 16.5. The van der Waals surface area contributed by atoms with Gasteiger partial charge in [0.1, 0.15) is 0 Å². The van der Waals surface area contributed by atoms with Gasteiger partial charge in [0, 0.05) is 0 Å². The Labute approximate surface area is 109 Å². The SMILES string of the molecule is COC(=O)CC1(Cc2ccccc2)CCC(C)C1. The van der Waals surface area contributed by atoms with E-state index in [2.05, 4.69) is 31.2 Å². The van der Waals surface area contributed by atoms with Gasteiger partial charge in [-0.05, 0) is 36.2 Å². The number of benzene rings is 1. The minimum atomic E-state index is -0.0694. The Morgan fingerprint density at radius 2 is 2.11 bits per heavy atom. The fourth-order valence-electron chi connectivity index (χ4n) is 3.29. The van der Waals surface area contributed by atoms with Crippen LogP contribution in [0.1, 0.15) is 38.2 Å². The van der Waals surface area contributed by atoms with Crippen LogP contribution in [-0.2, 0) is 16.0 Å². The third-order valence-electron chi connectivity index (χ3n) is 4.12. The van der Waals surface area contributed by atoms with E-state index in [1.807, 2.05) is 6.07 Å². The number of carbonyl (C=O) groups excluding carboxylic acids is 1. The lowest BCUT2D eigenvalue weighted by atomic mass is 9.76. The Kier molecular flexibility index (Phi) is 4.05. The quantitative estimate of drug-likeness (QED) is 0.759. The molecule has 1 saturated carbocycles. The Balaban J connectivity index is 2.13. The van der Waals surface area contributed by atoms with Crippen LogP contribution in [0, 0.1) is 11.3 Å². The number of hydrogen-bond acceptors (Lipinski definition) is 2. The van der Waals surface area contributed by atoms with E-state index < -0.39 is 0 Å². The largest absolute Gasteiger partial charge is 0.469 e. The number of hydrogen-bond donors (Lipinski definition) is 0. The maximum atomic E-state index is 11.6. The fourth-order valence-corrected chi connectivity index (χ4v) is 3.29. The highest BCUT2D eigenvalue weighted by Crippen LogP contribution is 2.46. The summed E-state index contributed by atoms with van der Waals surface area (Å²) in [5, 5.41) is 0. The summed E-state index contributed by atoms with van der Waals surface area (Å²) in [6.07, 6.45) is 5.05. The van der Waals surface area contributed by atoms with Crippen molar-refractivity contribution in [2.45, 2.75) is 39.0 Å². The highest BCUT2D eigenvalue weighted by molar-refractivity contribution is 5.70. The molecule has 1 aromatic carbocycles. The van der Waals surface area contributed by atoms with Gasteiger partial charge in [-0.1, -0.05) is 43.7 Å². The number of esters is 1. The third kappa shape index (κ3) is 3.12. The third-order valence-corrected chi connectivity index (χ3v) is 4.12. The molecule has 1 aromatic rings. The van der Waals surface area contributed by atoms with Gasteiger partial charge in [0.2, 0.25) is 0 Å². The molecule has 1 aliphatic rings. The monoisotopic (exact) mass is 246 g/mol. The van der Waals surface area contributed by atoms with Crippen molar-refractivity contribution in [3.05, 3.63) is 35.9 Å². The summed E-state index contributed by atoms with van der Waals surface area (Å²) in [6, 6.07) is 10.5. The van der Waals surface area contributed by atoms with E-state index in [-0.39, 0.29) is 11.4 Å². The Morgan fingerprint density at radius 1 is 1.39 bits per heavy atom. The molecule has 0 aliphatic heterocycles. The van der Waals surface area contributed by atoms with Crippen LogP contribution >= 0.6 is 0 Å². The summed E-state index contributed by atoms with van der Waals surface area (Å²) in [5.74, 6) is 0.651. The van der Waals surface area contributed by atoms with Crippen LogP contribution < -0.4 is 0 Å². The normalized spacial score (nSPS) is 27.1. The van der Waals surface area contributed by atoms with Gasteiger partial charge < -0.3 is 4.74 Å². The molecule has 1 fully saturated rings. The molecule has 18 heavy (non-hydrogen) atoms. The number of ether oxygens (including phenoxy) is 1. The molecule has 2 atom stereocenters. The topological polar surface area (TPSA) is 26.3 Å². The van der Waals surface area contributed by atoms with Gasteiger partial charge in [-0.25, -0.2) is 0 Å². The predicted molar refractivity (Wildman–Crippen MR) is 72.2 cm³/mol. The average molecular weight is 246 g/mol. The van der Waals surface area contributed by atoms with Gasteiger partial charge in [0.15, 0.2) is 0 Å². The number of methoxy groups -OCH3 is 1. The second-order valence-corrected chi connectivity index (χ2v) is 5.76. The van der Waals surface area contributed by atoms with Crippen molar-refractivity contribution in [2.75, 3.05) is 7.11 Å². The molecule has 2 unspecified atom stereocenters. The zero-order chi connectivity index (χ0) is 13.0. The summed E-state index contributed by atoms with van der Waals surface area (Å²) < 4.78 is 4.87. The average Bonchev–Trinajstić information content (AvgIpc) is 2.71. The molecule has 0 spiro atoms. The Hall–Kier alpha value is -1.31. The molecule has 0 aromatic heterocycles. The minimum absolute atomic E-state index is 0.0694. The predicted octanol–water partition coefficient (Wildman–Crippen LogP) is 3.60. The second kappa shape index (κ2) is 5.55. The molecular formula is C16H22O2. The first-order valence-corrected chi connectivity index (χ1v) is 6.74. The molecule has 0 N–H and O–H groups in total. The van der Waals surface area contributed by atoms with Crippen LogP contribution in [0.25, 0.3) is 0 Å². The van der Waals surface area contributed by atoms with Crippen LogP contribution in [0.3, 0.4) is 0 Å². The molecule has 0 heterocycles.